The molecule has 5 heterocycles. The molecule has 0 aliphatic carbocycles. The van der Waals surface area contributed by atoms with E-state index >= 15 is 0 Å². The second kappa shape index (κ2) is 8.10. The van der Waals surface area contributed by atoms with Crippen molar-refractivity contribution < 1.29 is 0 Å². The second-order valence-corrected chi connectivity index (χ2v) is 7.80. The molecule has 0 saturated heterocycles. The summed E-state index contributed by atoms with van der Waals surface area (Å²) in [7, 11) is 1.89. The fourth-order valence-electron chi connectivity index (χ4n) is 3.45. The van der Waals surface area contributed by atoms with Gasteiger partial charge in [-0.3, -0.25) is 9.67 Å². The number of hydrogen-bond donors (Lipinski definition) is 1. The van der Waals surface area contributed by atoms with Gasteiger partial charge in [0.05, 0.1) is 17.2 Å². The molecule has 0 saturated carbocycles. The first-order chi connectivity index (χ1) is 15.6. The third-order valence-corrected chi connectivity index (χ3v) is 5.11. The Hall–Kier alpha value is -4.27. The molecule has 5 aromatic rings. The van der Waals surface area contributed by atoms with Crippen LogP contribution in [-0.4, -0.2) is 39.9 Å². The van der Waals surface area contributed by atoms with E-state index in [1.165, 1.54) is 6.33 Å². The van der Waals surface area contributed by atoms with E-state index < -0.39 is 0 Å². The first-order valence-corrected chi connectivity index (χ1v) is 10.2. The molecule has 0 radical (unpaired) electrons. The molecule has 0 spiro atoms. The molecule has 0 aromatic carbocycles. The number of aromatic nitrogens is 8. The minimum Gasteiger partial charge on any atom is -0.323 e. The van der Waals surface area contributed by atoms with Gasteiger partial charge >= 0.3 is 0 Å². The Bertz CT molecular complexity index is 1390. The Morgan fingerprint density at radius 2 is 1.75 bits per heavy atom. The molecule has 0 aliphatic rings. The van der Waals surface area contributed by atoms with Crippen LogP contribution in [0, 0.1) is 0 Å². The largest absolute Gasteiger partial charge is 0.323 e. The van der Waals surface area contributed by atoms with Crippen molar-refractivity contribution in [2.45, 2.75) is 19.8 Å². The molecule has 9 heteroatoms. The maximum Gasteiger partial charge on any atom is 0.154 e. The summed E-state index contributed by atoms with van der Waals surface area (Å²) >= 11 is 0. The molecule has 32 heavy (non-hydrogen) atoms. The zero-order valence-corrected chi connectivity index (χ0v) is 17.9. The van der Waals surface area contributed by atoms with Crippen molar-refractivity contribution in [1.82, 2.24) is 39.9 Å². The van der Waals surface area contributed by atoms with Crippen molar-refractivity contribution in [3.8, 4) is 22.4 Å². The summed E-state index contributed by atoms with van der Waals surface area (Å²) in [6.45, 7) is 4.24. The SMILES string of the molecule is CC(C)c1cnnc(Nc2ccc3ncc(-c4cn(C)nc4-c4cncnc4)cc3n2)c1. The summed E-state index contributed by atoms with van der Waals surface area (Å²) in [5, 5.41) is 16.1. The van der Waals surface area contributed by atoms with Crippen LogP contribution in [0.15, 0.2) is 61.6 Å². The molecule has 0 fully saturated rings. The number of nitrogens with zero attached hydrogens (tertiary/aromatic N) is 8. The zero-order chi connectivity index (χ0) is 22.1. The summed E-state index contributed by atoms with van der Waals surface area (Å²) in [6, 6.07) is 7.81. The molecule has 0 aliphatic heterocycles. The lowest BCUT2D eigenvalue weighted by atomic mass is 10.0. The third kappa shape index (κ3) is 3.87. The lowest BCUT2D eigenvalue weighted by Gasteiger charge is -2.09. The topological polar surface area (TPSA) is 107 Å². The van der Waals surface area contributed by atoms with Gasteiger partial charge in [0.1, 0.15) is 17.8 Å². The molecule has 9 nitrogen and oxygen atoms in total. The molecule has 0 atom stereocenters. The van der Waals surface area contributed by atoms with Crippen molar-refractivity contribution in [3.05, 3.63) is 67.1 Å². The van der Waals surface area contributed by atoms with Crippen molar-refractivity contribution >= 4 is 22.7 Å². The number of pyridine rings is 2. The van der Waals surface area contributed by atoms with Crippen LogP contribution >= 0.6 is 0 Å². The predicted octanol–water partition coefficient (Wildman–Crippen LogP) is 4.14. The quantitative estimate of drug-likeness (QED) is 0.449. The number of aryl methyl sites for hydroxylation is 1. The maximum absolute atomic E-state index is 4.75. The van der Waals surface area contributed by atoms with E-state index in [-0.39, 0.29) is 0 Å². The number of nitrogens with one attached hydrogen (secondary N) is 1. The van der Waals surface area contributed by atoms with Gasteiger partial charge in [0.25, 0.3) is 0 Å². The van der Waals surface area contributed by atoms with E-state index in [1.807, 2.05) is 43.7 Å². The average Bonchev–Trinajstić information content (AvgIpc) is 3.21. The van der Waals surface area contributed by atoms with Crippen molar-refractivity contribution in [1.29, 1.82) is 0 Å². The number of hydrogen-bond acceptors (Lipinski definition) is 8. The van der Waals surface area contributed by atoms with Gasteiger partial charge < -0.3 is 5.32 Å². The Morgan fingerprint density at radius 1 is 0.906 bits per heavy atom. The smallest absolute Gasteiger partial charge is 0.154 e. The fraction of sp³-hybridized carbons (Fsp3) is 0.174. The number of anilines is 2. The number of fused-ring (bicyclic) bond motifs is 1. The predicted molar refractivity (Wildman–Crippen MR) is 122 cm³/mol. The van der Waals surface area contributed by atoms with E-state index in [1.54, 1.807) is 23.3 Å². The van der Waals surface area contributed by atoms with E-state index in [0.717, 1.165) is 39.0 Å². The third-order valence-electron chi connectivity index (χ3n) is 5.11. The Kier molecular flexibility index (Phi) is 4.98. The molecule has 0 bridgehead atoms. The van der Waals surface area contributed by atoms with E-state index in [4.69, 9.17) is 4.98 Å². The van der Waals surface area contributed by atoms with Crippen LogP contribution in [-0.2, 0) is 7.05 Å². The summed E-state index contributed by atoms with van der Waals surface area (Å²) in [6.07, 6.45) is 10.6. The Morgan fingerprint density at radius 3 is 2.56 bits per heavy atom. The molecule has 0 unspecified atom stereocenters. The van der Waals surface area contributed by atoms with E-state index in [2.05, 4.69) is 49.4 Å². The standard InChI is InChI=1S/C23H21N9/c1-14(2)15-7-22(30-27-11-15)29-21-5-4-19-20(28-21)6-16(10-26-19)18-12-32(3)31-23(18)17-8-24-13-25-9-17/h4-14H,1-3H3,(H,28,29,30). The van der Waals surface area contributed by atoms with Gasteiger partial charge in [0, 0.05) is 48.5 Å². The summed E-state index contributed by atoms with van der Waals surface area (Å²) in [4.78, 5) is 17.6. The highest BCUT2D eigenvalue weighted by atomic mass is 15.3. The summed E-state index contributed by atoms with van der Waals surface area (Å²) in [5.74, 6) is 1.70. The van der Waals surface area contributed by atoms with Gasteiger partial charge in [0.15, 0.2) is 5.82 Å². The number of rotatable bonds is 5. The molecular formula is C23H21N9. The molecule has 5 rings (SSSR count). The molecule has 5 aromatic heterocycles. The maximum atomic E-state index is 4.75. The van der Waals surface area contributed by atoms with Gasteiger partial charge in [-0.25, -0.2) is 15.0 Å². The minimum absolute atomic E-state index is 0.367. The van der Waals surface area contributed by atoms with Crippen molar-refractivity contribution in [2.24, 2.45) is 7.05 Å². The normalized spacial score (nSPS) is 11.2. The van der Waals surface area contributed by atoms with Crippen LogP contribution in [0.4, 0.5) is 11.6 Å². The first kappa shape index (κ1) is 19.7. The van der Waals surface area contributed by atoms with Crippen LogP contribution in [0.5, 0.6) is 0 Å². The summed E-state index contributed by atoms with van der Waals surface area (Å²) < 4.78 is 1.77. The van der Waals surface area contributed by atoms with Gasteiger partial charge in [-0.05, 0) is 35.7 Å². The average molecular weight is 423 g/mol. The zero-order valence-electron chi connectivity index (χ0n) is 17.9. The molecule has 0 amide bonds. The molecule has 158 valence electrons. The van der Waals surface area contributed by atoms with Crippen molar-refractivity contribution in [2.75, 3.05) is 5.32 Å². The fourth-order valence-corrected chi connectivity index (χ4v) is 3.45. The lowest BCUT2D eigenvalue weighted by molar-refractivity contribution is 0.770. The highest BCUT2D eigenvalue weighted by molar-refractivity contribution is 5.86. The van der Waals surface area contributed by atoms with Crippen LogP contribution < -0.4 is 5.32 Å². The Labute approximate surface area is 184 Å². The minimum atomic E-state index is 0.367. The van der Waals surface area contributed by atoms with Crippen molar-refractivity contribution in [3.63, 3.8) is 0 Å². The highest BCUT2D eigenvalue weighted by Gasteiger charge is 2.14. The summed E-state index contributed by atoms with van der Waals surface area (Å²) in [5.41, 5.74) is 6.16. The second-order valence-electron chi connectivity index (χ2n) is 7.80. The molecular weight excluding hydrogens is 402 g/mol. The monoisotopic (exact) mass is 423 g/mol. The van der Waals surface area contributed by atoms with E-state index in [9.17, 15) is 0 Å². The van der Waals surface area contributed by atoms with E-state index in [0.29, 0.717) is 17.6 Å². The first-order valence-electron chi connectivity index (χ1n) is 10.2. The van der Waals surface area contributed by atoms with Gasteiger partial charge in [0.2, 0.25) is 0 Å². The van der Waals surface area contributed by atoms with Gasteiger partial charge in [-0.15, -0.1) is 5.10 Å². The highest BCUT2D eigenvalue weighted by Crippen LogP contribution is 2.31. The van der Waals surface area contributed by atoms with Crippen LogP contribution in [0.3, 0.4) is 0 Å². The van der Waals surface area contributed by atoms with Crippen LogP contribution in [0.1, 0.15) is 25.3 Å². The van der Waals surface area contributed by atoms with Crippen LogP contribution in [0.2, 0.25) is 0 Å². The lowest BCUT2D eigenvalue weighted by Crippen LogP contribution is -2.00. The molecule has 1 N–H and O–H groups in total. The van der Waals surface area contributed by atoms with Gasteiger partial charge in [-0.1, -0.05) is 13.8 Å². The Balaban J connectivity index is 1.52. The van der Waals surface area contributed by atoms with Crippen LogP contribution in [0.25, 0.3) is 33.4 Å². The van der Waals surface area contributed by atoms with Gasteiger partial charge in [-0.2, -0.15) is 10.2 Å².